The summed E-state index contributed by atoms with van der Waals surface area (Å²) in [6.07, 6.45) is -4.83. The van der Waals surface area contributed by atoms with E-state index >= 15 is 0 Å². The third-order valence-electron chi connectivity index (χ3n) is 2.52. The Hall–Kier alpha value is -2.32. The molecule has 1 aromatic heterocycles. The summed E-state index contributed by atoms with van der Waals surface area (Å²) in [4.78, 5) is 6.41. The van der Waals surface area contributed by atoms with Crippen LogP contribution in [-0.4, -0.2) is 17.0 Å². The summed E-state index contributed by atoms with van der Waals surface area (Å²) in [5.41, 5.74) is -0.727. The van der Waals surface area contributed by atoms with E-state index in [9.17, 15) is 26.3 Å². The van der Waals surface area contributed by atoms with Gasteiger partial charge in [0, 0.05) is 18.7 Å². The zero-order valence-corrected chi connectivity index (χ0v) is 10.4. The zero-order valence-electron chi connectivity index (χ0n) is 10.4. The molecule has 0 atom stereocenters. The van der Waals surface area contributed by atoms with Gasteiger partial charge in [0.1, 0.15) is 5.82 Å². The van der Waals surface area contributed by atoms with Crippen LogP contribution in [0.2, 0.25) is 0 Å². The lowest BCUT2D eigenvalue weighted by atomic mass is 10.1. The molecule has 0 aliphatic rings. The van der Waals surface area contributed by atoms with E-state index in [2.05, 4.69) is 15.3 Å². The van der Waals surface area contributed by atoms with E-state index in [4.69, 9.17) is 0 Å². The molecule has 1 aromatic carbocycles. The smallest absolute Gasteiger partial charge is 0.373 e. The Morgan fingerprint density at radius 1 is 0.952 bits per heavy atom. The van der Waals surface area contributed by atoms with Crippen molar-refractivity contribution in [1.29, 1.82) is 0 Å². The lowest BCUT2D eigenvalue weighted by Gasteiger charge is -2.10. The van der Waals surface area contributed by atoms with E-state index in [1.807, 2.05) is 0 Å². The largest absolute Gasteiger partial charge is 0.451 e. The molecule has 0 aliphatic heterocycles. The van der Waals surface area contributed by atoms with Crippen molar-refractivity contribution >= 4 is 5.82 Å². The second-order valence-corrected chi connectivity index (χ2v) is 3.96. The molecule has 1 heterocycles. The maximum absolute atomic E-state index is 13.1. The quantitative estimate of drug-likeness (QED) is 0.680. The number of hydrogen-bond donors (Lipinski definition) is 1. The highest BCUT2D eigenvalue weighted by atomic mass is 19.4. The van der Waals surface area contributed by atoms with Gasteiger partial charge < -0.3 is 5.32 Å². The van der Waals surface area contributed by atoms with Crippen molar-refractivity contribution in [1.82, 2.24) is 9.97 Å². The summed E-state index contributed by atoms with van der Waals surface area (Å²) < 4.78 is 77.1. The first-order valence-electron chi connectivity index (χ1n) is 5.51. The monoisotopic (exact) mass is 307 g/mol. The van der Waals surface area contributed by atoms with Crippen LogP contribution in [0.5, 0.6) is 0 Å². The molecule has 0 bridgehead atoms. The van der Waals surface area contributed by atoms with Crippen LogP contribution in [0, 0.1) is 17.5 Å². The predicted molar refractivity (Wildman–Crippen MR) is 61.9 cm³/mol. The van der Waals surface area contributed by atoms with Crippen LogP contribution in [0.1, 0.15) is 5.82 Å². The van der Waals surface area contributed by atoms with Crippen molar-refractivity contribution in [3.8, 4) is 11.3 Å². The normalized spacial score (nSPS) is 11.6. The molecule has 3 nitrogen and oxygen atoms in total. The van der Waals surface area contributed by atoms with Crippen LogP contribution < -0.4 is 5.32 Å². The topological polar surface area (TPSA) is 37.8 Å². The van der Waals surface area contributed by atoms with Crippen LogP contribution >= 0.6 is 0 Å². The van der Waals surface area contributed by atoms with Crippen molar-refractivity contribution in [2.24, 2.45) is 0 Å². The molecule has 9 heteroatoms. The highest BCUT2D eigenvalue weighted by molar-refractivity contribution is 5.62. The number of benzene rings is 1. The first-order valence-corrected chi connectivity index (χ1v) is 5.51. The molecule has 0 unspecified atom stereocenters. The van der Waals surface area contributed by atoms with Gasteiger partial charge in [-0.05, 0) is 12.1 Å². The van der Waals surface area contributed by atoms with Crippen LogP contribution in [0.25, 0.3) is 11.3 Å². The second-order valence-electron chi connectivity index (χ2n) is 3.96. The number of rotatable bonds is 2. The minimum Gasteiger partial charge on any atom is -0.373 e. The van der Waals surface area contributed by atoms with E-state index in [1.165, 1.54) is 7.05 Å². The second kappa shape index (κ2) is 5.23. The molecular formula is C12H7F6N3. The molecule has 2 aromatic rings. The highest BCUT2D eigenvalue weighted by Gasteiger charge is 2.35. The number of nitrogens with one attached hydrogen (secondary N) is 1. The SMILES string of the molecule is CNc1cc(-c2cc(F)c(F)c(F)c2)nc(C(F)(F)F)n1. The summed E-state index contributed by atoms with van der Waals surface area (Å²) >= 11 is 0. The van der Waals surface area contributed by atoms with E-state index in [-0.39, 0.29) is 17.1 Å². The van der Waals surface area contributed by atoms with Gasteiger partial charge in [0.25, 0.3) is 0 Å². The van der Waals surface area contributed by atoms with E-state index in [0.717, 1.165) is 6.07 Å². The molecule has 0 fully saturated rings. The minimum atomic E-state index is -4.83. The zero-order chi connectivity index (χ0) is 15.8. The minimum absolute atomic E-state index is 0.197. The first-order chi connectivity index (χ1) is 9.72. The number of alkyl halides is 3. The van der Waals surface area contributed by atoms with Gasteiger partial charge in [-0.3, -0.25) is 0 Å². The molecule has 2 rings (SSSR count). The van der Waals surface area contributed by atoms with Crippen molar-refractivity contribution in [3.63, 3.8) is 0 Å². The third kappa shape index (κ3) is 3.06. The summed E-state index contributed by atoms with van der Waals surface area (Å²) in [6.45, 7) is 0. The van der Waals surface area contributed by atoms with Gasteiger partial charge >= 0.3 is 6.18 Å². The van der Waals surface area contributed by atoms with Crippen molar-refractivity contribution in [2.45, 2.75) is 6.18 Å². The molecule has 0 spiro atoms. The summed E-state index contributed by atoms with van der Waals surface area (Å²) in [7, 11) is 1.32. The standard InChI is InChI=1S/C12H7F6N3/c1-19-9-4-8(20-11(21-9)12(16,17)18)5-2-6(13)10(15)7(14)3-5/h2-4H,1H3,(H,19,20,21). The number of nitrogens with zero attached hydrogens (tertiary/aromatic N) is 2. The fraction of sp³-hybridized carbons (Fsp3) is 0.167. The molecule has 0 radical (unpaired) electrons. The fourth-order valence-corrected chi connectivity index (χ4v) is 1.55. The van der Waals surface area contributed by atoms with Gasteiger partial charge in [-0.15, -0.1) is 0 Å². The summed E-state index contributed by atoms with van der Waals surface area (Å²) in [6, 6.07) is 2.17. The van der Waals surface area contributed by atoms with Crippen LogP contribution in [0.4, 0.5) is 32.2 Å². The average molecular weight is 307 g/mol. The van der Waals surface area contributed by atoms with E-state index in [1.54, 1.807) is 0 Å². The average Bonchev–Trinajstić information content (AvgIpc) is 2.42. The summed E-state index contributed by atoms with van der Waals surface area (Å²) in [5.74, 6) is -6.43. The molecule has 0 amide bonds. The van der Waals surface area contributed by atoms with Crippen molar-refractivity contribution in [3.05, 3.63) is 41.5 Å². The maximum atomic E-state index is 13.1. The van der Waals surface area contributed by atoms with Crippen LogP contribution in [-0.2, 0) is 6.18 Å². The van der Waals surface area contributed by atoms with Gasteiger partial charge in [-0.1, -0.05) is 0 Å². The lowest BCUT2D eigenvalue weighted by molar-refractivity contribution is -0.144. The van der Waals surface area contributed by atoms with E-state index in [0.29, 0.717) is 12.1 Å². The molecule has 0 saturated carbocycles. The molecule has 1 N–H and O–H groups in total. The Morgan fingerprint density at radius 3 is 2.00 bits per heavy atom. The van der Waals surface area contributed by atoms with Crippen LogP contribution in [0.15, 0.2) is 18.2 Å². The maximum Gasteiger partial charge on any atom is 0.451 e. The first kappa shape index (κ1) is 15.1. The predicted octanol–water partition coefficient (Wildman–Crippen LogP) is 3.62. The van der Waals surface area contributed by atoms with Gasteiger partial charge in [0.15, 0.2) is 17.5 Å². The Kier molecular flexibility index (Phi) is 3.75. The fourth-order valence-electron chi connectivity index (χ4n) is 1.55. The summed E-state index contributed by atoms with van der Waals surface area (Å²) in [5, 5.41) is 2.38. The third-order valence-corrected chi connectivity index (χ3v) is 2.52. The molecule has 0 aliphatic carbocycles. The van der Waals surface area contributed by atoms with Gasteiger partial charge in [-0.25, -0.2) is 23.1 Å². The Balaban J connectivity index is 2.63. The number of hydrogen-bond acceptors (Lipinski definition) is 3. The van der Waals surface area contributed by atoms with Crippen molar-refractivity contribution in [2.75, 3.05) is 12.4 Å². The number of halogens is 6. The molecule has 0 saturated heterocycles. The van der Waals surface area contributed by atoms with E-state index < -0.39 is 29.5 Å². The Morgan fingerprint density at radius 2 is 1.52 bits per heavy atom. The van der Waals surface area contributed by atoms with Crippen molar-refractivity contribution < 1.29 is 26.3 Å². The lowest BCUT2D eigenvalue weighted by Crippen LogP contribution is -2.13. The molecular weight excluding hydrogens is 300 g/mol. The van der Waals surface area contributed by atoms with Crippen LogP contribution in [0.3, 0.4) is 0 Å². The number of anilines is 1. The highest BCUT2D eigenvalue weighted by Crippen LogP contribution is 2.30. The Labute approximate surface area is 114 Å². The number of aromatic nitrogens is 2. The van der Waals surface area contributed by atoms with Gasteiger partial charge in [-0.2, -0.15) is 13.2 Å². The molecule has 112 valence electrons. The Bertz CT molecular complexity index is 660. The van der Waals surface area contributed by atoms with Gasteiger partial charge in [0.05, 0.1) is 5.69 Å². The molecule has 21 heavy (non-hydrogen) atoms. The van der Waals surface area contributed by atoms with Gasteiger partial charge in [0.2, 0.25) is 5.82 Å².